The lowest BCUT2D eigenvalue weighted by Gasteiger charge is -2.10. The Labute approximate surface area is 169 Å². The molecule has 1 heterocycles. The molecule has 0 bridgehead atoms. The number of para-hydroxylation sites is 1. The van der Waals surface area contributed by atoms with E-state index in [0.29, 0.717) is 6.61 Å². The van der Waals surface area contributed by atoms with Gasteiger partial charge < -0.3 is 18.8 Å². The second kappa shape index (κ2) is 10.0. The summed E-state index contributed by atoms with van der Waals surface area (Å²) >= 11 is 1.69. The van der Waals surface area contributed by atoms with Crippen molar-refractivity contribution in [1.82, 2.24) is 14.8 Å². The lowest BCUT2D eigenvalue weighted by molar-refractivity contribution is 0.318. The lowest BCUT2D eigenvalue weighted by atomic mass is 10.2. The van der Waals surface area contributed by atoms with E-state index in [-0.39, 0.29) is 0 Å². The molecule has 2 aromatic carbocycles. The Kier molecular flexibility index (Phi) is 7.19. The van der Waals surface area contributed by atoms with Crippen LogP contribution in [0.2, 0.25) is 0 Å². The average Bonchev–Trinajstić information content (AvgIpc) is 3.16. The van der Waals surface area contributed by atoms with Crippen molar-refractivity contribution in [2.75, 3.05) is 26.6 Å². The van der Waals surface area contributed by atoms with Gasteiger partial charge in [0.25, 0.3) is 0 Å². The van der Waals surface area contributed by atoms with E-state index in [1.54, 1.807) is 26.0 Å². The van der Waals surface area contributed by atoms with Crippen molar-refractivity contribution in [2.24, 2.45) is 0 Å². The van der Waals surface area contributed by atoms with Crippen LogP contribution in [0.5, 0.6) is 17.2 Å². The van der Waals surface area contributed by atoms with Crippen LogP contribution in [0, 0.1) is 0 Å². The Hall–Kier alpha value is -2.67. The molecule has 3 aromatic rings. The van der Waals surface area contributed by atoms with Crippen LogP contribution < -0.4 is 14.2 Å². The first-order valence-electron chi connectivity index (χ1n) is 9.23. The van der Waals surface area contributed by atoms with E-state index in [0.717, 1.165) is 52.5 Å². The normalized spacial score (nSPS) is 10.7. The first kappa shape index (κ1) is 20.1. The second-order valence-electron chi connectivity index (χ2n) is 5.98. The fraction of sp³-hybridized carbons (Fsp3) is 0.333. The van der Waals surface area contributed by atoms with Gasteiger partial charge in [-0.15, -0.1) is 10.2 Å². The molecule has 0 saturated heterocycles. The van der Waals surface area contributed by atoms with Crippen LogP contribution in [0.3, 0.4) is 0 Å². The van der Waals surface area contributed by atoms with E-state index in [1.807, 2.05) is 48.5 Å². The van der Waals surface area contributed by atoms with E-state index in [9.17, 15) is 0 Å². The molecule has 7 heteroatoms. The SMILES string of the molecule is CCn1c(SCCCOc2ccc(OC)cc2)nnc1-c1ccccc1OC. The summed E-state index contributed by atoms with van der Waals surface area (Å²) in [6.07, 6.45) is 0.914. The minimum atomic E-state index is 0.652. The van der Waals surface area contributed by atoms with Crippen LogP contribution in [0.4, 0.5) is 0 Å². The van der Waals surface area contributed by atoms with Gasteiger partial charge in [-0.2, -0.15) is 0 Å². The Morgan fingerprint density at radius 2 is 1.68 bits per heavy atom. The van der Waals surface area contributed by atoms with Gasteiger partial charge in [-0.3, -0.25) is 0 Å². The molecule has 0 spiro atoms. The highest BCUT2D eigenvalue weighted by Crippen LogP contribution is 2.30. The Balaban J connectivity index is 1.55. The van der Waals surface area contributed by atoms with E-state index >= 15 is 0 Å². The van der Waals surface area contributed by atoms with Crippen molar-refractivity contribution in [3.63, 3.8) is 0 Å². The second-order valence-corrected chi connectivity index (χ2v) is 7.04. The van der Waals surface area contributed by atoms with Gasteiger partial charge in [0.15, 0.2) is 11.0 Å². The quantitative estimate of drug-likeness (QED) is 0.368. The smallest absolute Gasteiger partial charge is 0.191 e. The van der Waals surface area contributed by atoms with Crippen molar-refractivity contribution in [3.8, 4) is 28.6 Å². The highest BCUT2D eigenvalue weighted by Gasteiger charge is 2.16. The number of aromatic nitrogens is 3. The minimum Gasteiger partial charge on any atom is -0.497 e. The number of hydrogen-bond donors (Lipinski definition) is 0. The van der Waals surface area contributed by atoms with E-state index < -0.39 is 0 Å². The van der Waals surface area contributed by atoms with Crippen molar-refractivity contribution < 1.29 is 14.2 Å². The predicted molar refractivity (Wildman–Crippen MR) is 112 cm³/mol. The van der Waals surface area contributed by atoms with Crippen LogP contribution >= 0.6 is 11.8 Å². The van der Waals surface area contributed by atoms with Gasteiger partial charge >= 0.3 is 0 Å². The number of thioether (sulfide) groups is 1. The number of benzene rings is 2. The Morgan fingerprint density at radius 3 is 2.39 bits per heavy atom. The minimum absolute atomic E-state index is 0.652. The van der Waals surface area contributed by atoms with Gasteiger partial charge in [-0.1, -0.05) is 23.9 Å². The van der Waals surface area contributed by atoms with Crippen molar-refractivity contribution >= 4 is 11.8 Å². The van der Waals surface area contributed by atoms with Crippen LogP contribution in [-0.4, -0.2) is 41.3 Å². The van der Waals surface area contributed by atoms with Gasteiger partial charge in [0.2, 0.25) is 0 Å². The molecular formula is C21H25N3O3S. The third-order valence-electron chi connectivity index (χ3n) is 4.23. The summed E-state index contributed by atoms with van der Waals surface area (Å²) in [5.74, 6) is 4.21. The zero-order valence-corrected chi connectivity index (χ0v) is 17.2. The summed E-state index contributed by atoms with van der Waals surface area (Å²) in [6, 6.07) is 15.5. The monoisotopic (exact) mass is 399 g/mol. The maximum absolute atomic E-state index is 5.78. The van der Waals surface area contributed by atoms with Gasteiger partial charge in [0, 0.05) is 12.3 Å². The molecule has 0 amide bonds. The van der Waals surface area contributed by atoms with Gasteiger partial charge in [-0.05, 0) is 49.7 Å². The maximum atomic E-state index is 5.78. The highest BCUT2D eigenvalue weighted by molar-refractivity contribution is 7.99. The summed E-state index contributed by atoms with van der Waals surface area (Å²) < 4.78 is 18.5. The number of methoxy groups -OCH3 is 2. The van der Waals surface area contributed by atoms with E-state index in [2.05, 4.69) is 21.7 Å². The van der Waals surface area contributed by atoms with Crippen LogP contribution in [-0.2, 0) is 6.54 Å². The molecule has 0 aliphatic rings. The molecule has 1 aromatic heterocycles. The summed E-state index contributed by atoms with van der Waals surface area (Å²) in [7, 11) is 3.32. The fourth-order valence-electron chi connectivity index (χ4n) is 2.79. The predicted octanol–water partition coefficient (Wildman–Crippen LogP) is 4.54. The molecular weight excluding hydrogens is 374 g/mol. The lowest BCUT2D eigenvalue weighted by Crippen LogP contribution is -2.02. The number of rotatable bonds is 10. The first-order chi connectivity index (χ1) is 13.8. The fourth-order valence-corrected chi connectivity index (χ4v) is 3.71. The molecule has 0 radical (unpaired) electrons. The standard InChI is InChI=1S/C21H25N3O3S/c1-4-24-20(18-8-5-6-9-19(18)26-3)22-23-21(24)28-15-7-14-27-17-12-10-16(25-2)11-13-17/h5-6,8-13H,4,7,14-15H2,1-3H3. The van der Waals surface area contributed by atoms with Crippen LogP contribution in [0.1, 0.15) is 13.3 Å². The zero-order valence-electron chi connectivity index (χ0n) is 16.4. The summed E-state index contributed by atoms with van der Waals surface area (Å²) in [4.78, 5) is 0. The summed E-state index contributed by atoms with van der Waals surface area (Å²) in [5, 5.41) is 9.69. The van der Waals surface area contributed by atoms with Crippen LogP contribution in [0.15, 0.2) is 53.7 Å². The average molecular weight is 400 g/mol. The van der Waals surface area contributed by atoms with Crippen LogP contribution in [0.25, 0.3) is 11.4 Å². The highest BCUT2D eigenvalue weighted by atomic mass is 32.2. The van der Waals surface area contributed by atoms with E-state index in [4.69, 9.17) is 14.2 Å². The summed E-state index contributed by atoms with van der Waals surface area (Å²) in [5.41, 5.74) is 0.953. The molecule has 3 rings (SSSR count). The molecule has 0 saturated carbocycles. The van der Waals surface area contributed by atoms with Gasteiger partial charge in [0.1, 0.15) is 17.2 Å². The van der Waals surface area contributed by atoms with Crippen molar-refractivity contribution in [1.29, 1.82) is 0 Å². The van der Waals surface area contributed by atoms with Crippen molar-refractivity contribution in [2.45, 2.75) is 25.0 Å². The third kappa shape index (κ3) is 4.78. The molecule has 0 aliphatic heterocycles. The first-order valence-corrected chi connectivity index (χ1v) is 10.2. The molecule has 0 unspecified atom stereocenters. The number of nitrogens with zero attached hydrogens (tertiary/aromatic N) is 3. The molecule has 0 aliphatic carbocycles. The zero-order chi connectivity index (χ0) is 19.8. The largest absolute Gasteiger partial charge is 0.497 e. The van der Waals surface area contributed by atoms with Crippen molar-refractivity contribution in [3.05, 3.63) is 48.5 Å². The number of hydrogen-bond acceptors (Lipinski definition) is 6. The van der Waals surface area contributed by atoms with Gasteiger partial charge in [-0.25, -0.2) is 0 Å². The topological polar surface area (TPSA) is 58.4 Å². The number of ether oxygens (including phenoxy) is 3. The molecule has 6 nitrogen and oxygen atoms in total. The van der Waals surface area contributed by atoms with Gasteiger partial charge in [0.05, 0.1) is 26.4 Å². The Bertz CT molecular complexity index is 881. The molecule has 0 fully saturated rings. The molecule has 148 valence electrons. The maximum Gasteiger partial charge on any atom is 0.191 e. The third-order valence-corrected chi connectivity index (χ3v) is 5.28. The molecule has 0 N–H and O–H groups in total. The summed E-state index contributed by atoms with van der Waals surface area (Å²) in [6.45, 7) is 3.54. The Morgan fingerprint density at radius 1 is 0.929 bits per heavy atom. The molecule has 0 atom stereocenters. The van der Waals surface area contributed by atoms with E-state index in [1.165, 1.54) is 0 Å². The molecule has 28 heavy (non-hydrogen) atoms.